The quantitative estimate of drug-likeness (QED) is 0.600. The Morgan fingerprint density at radius 2 is 2.17 bits per heavy atom. The molecular weight excluding hydrogens is 394 g/mol. The molecule has 0 aliphatic rings. The lowest BCUT2D eigenvalue weighted by molar-refractivity contribution is 0.527. The maximum absolute atomic E-state index is 11.8. The van der Waals surface area contributed by atoms with Crippen molar-refractivity contribution in [1.82, 2.24) is 25.0 Å². The molecule has 3 aromatic rings. The summed E-state index contributed by atoms with van der Waals surface area (Å²) < 4.78 is 8.24. The van der Waals surface area contributed by atoms with Gasteiger partial charge in [-0.25, -0.2) is 9.89 Å². The summed E-state index contributed by atoms with van der Waals surface area (Å²) in [6, 6.07) is 7.66. The topological polar surface area (TPSA) is 89.6 Å². The first-order valence-corrected chi connectivity index (χ1v) is 9.32. The van der Waals surface area contributed by atoms with Crippen molar-refractivity contribution in [2.24, 2.45) is 0 Å². The minimum atomic E-state index is -0.189. The monoisotopic (exact) mass is 409 g/mol. The highest BCUT2D eigenvalue weighted by Crippen LogP contribution is 2.28. The molecule has 0 saturated heterocycles. The van der Waals surface area contributed by atoms with Crippen molar-refractivity contribution in [3.8, 4) is 11.5 Å². The number of halogens is 1. The van der Waals surface area contributed by atoms with Crippen molar-refractivity contribution in [1.29, 1.82) is 0 Å². The second kappa shape index (κ2) is 7.80. The lowest BCUT2D eigenvalue weighted by Gasteiger charge is -2.02. The SMILES string of the molecule is CCCCn1c(SCc2nnc(-c3ccccc3Br)o2)n[nH]c1=O. The predicted octanol–water partition coefficient (Wildman–Crippen LogP) is 3.48. The summed E-state index contributed by atoms with van der Waals surface area (Å²) in [5.74, 6) is 1.40. The molecule has 0 saturated carbocycles. The largest absolute Gasteiger partial charge is 0.420 e. The summed E-state index contributed by atoms with van der Waals surface area (Å²) in [4.78, 5) is 11.8. The zero-order valence-electron chi connectivity index (χ0n) is 13.0. The number of hydrogen-bond acceptors (Lipinski definition) is 6. The highest BCUT2D eigenvalue weighted by molar-refractivity contribution is 9.10. The lowest BCUT2D eigenvalue weighted by atomic mass is 10.2. The summed E-state index contributed by atoms with van der Waals surface area (Å²) >= 11 is 4.87. The second-order valence-electron chi connectivity index (χ2n) is 5.09. The molecule has 0 unspecified atom stereocenters. The first kappa shape index (κ1) is 17.0. The molecule has 1 aromatic carbocycles. The van der Waals surface area contributed by atoms with Crippen LogP contribution in [-0.2, 0) is 12.3 Å². The van der Waals surface area contributed by atoms with E-state index in [1.54, 1.807) is 4.57 Å². The van der Waals surface area contributed by atoms with Crippen LogP contribution in [0.4, 0.5) is 0 Å². The van der Waals surface area contributed by atoms with Crippen LogP contribution in [0.15, 0.2) is 43.1 Å². The third kappa shape index (κ3) is 3.78. The van der Waals surface area contributed by atoms with Gasteiger partial charge in [0.05, 0.1) is 11.3 Å². The van der Waals surface area contributed by atoms with Gasteiger partial charge in [0.15, 0.2) is 5.16 Å². The number of aromatic amines is 1. The standard InChI is InChI=1S/C15H16BrN5O2S/c1-2-3-8-21-14(22)19-20-15(21)24-9-12-17-18-13(23-12)10-6-4-5-7-11(10)16/h4-7H,2-3,8-9H2,1H3,(H,19,22). The number of nitrogens with zero attached hydrogens (tertiary/aromatic N) is 4. The second-order valence-corrected chi connectivity index (χ2v) is 6.88. The summed E-state index contributed by atoms with van der Waals surface area (Å²) in [7, 11) is 0. The maximum Gasteiger partial charge on any atom is 0.343 e. The lowest BCUT2D eigenvalue weighted by Crippen LogP contribution is -2.17. The zero-order chi connectivity index (χ0) is 16.9. The number of aromatic nitrogens is 5. The van der Waals surface area contributed by atoms with Gasteiger partial charge in [0.25, 0.3) is 0 Å². The van der Waals surface area contributed by atoms with Crippen LogP contribution in [0.1, 0.15) is 25.7 Å². The predicted molar refractivity (Wildman–Crippen MR) is 94.8 cm³/mol. The molecule has 0 radical (unpaired) electrons. The van der Waals surface area contributed by atoms with Gasteiger partial charge in [0.1, 0.15) is 0 Å². The molecule has 0 spiro atoms. The third-order valence-electron chi connectivity index (χ3n) is 3.35. The van der Waals surface area contributed by atoms with Crippen molar-refractivity contribution >= 4 is 27.7 Å². The van der Waals surface area contributed by atoms with E-state index in [1.165, 1.54) is 11.8 Å². The fourth-order valence-corrected chi connectivity index (χ4v) is 3.37. The van der Waals surface area contributed by atoms with Gasteiger partial charge in [0.2, 0.25) is 11.8 Å². The van der Waals surface area contributed by atoms with E-state index in [2.05, 4.69) is 43.2 Å². The summed E-state index contributed by atoms with van der Waals surface area (Å²) in [5, 5.41) is 15.3. The Balaban J connectivity index is 1.70. The number of benzene rings is 1. The van der Waals surface area contributed by atoms with Crippen molar-refractivity contribution < 1.29 is 4.42 Å². The van der Waals surface area contributed by atoms with Gasteiger partial charge in [0, 0.05) is 11.0 Å². The number of thioether (sulfide) groups is 1. The van der Waals surface area contributed by atoms with E-state index in [0.717, 1.165) is 22.9 Å². The van der Waals surface area contributed by atoms with E-state index in [0.29, 0.717) is 29.2 Å². The van der Waals surface area contributed by atoms with Crippen LogP contribution < -0.4 is 5.69 Å². The highest BCUT2D eigenvalue weighted by Gasteiger charge is 2.14. The molecule has 24 heavy (non-hydrogen) atoms. The van der Waals surface area contributed by atoms with Crippen LogP contribution >= 0.6 is 27.7 Å². The number of unbranched alkanes of at least 4 members (excludes halogenated alkanes) is 1. The Hall–Kier alpha value is -1.87. The minimum absolute atomic E-state index is 0.189. The van der Waals surface area contributed by atoms with Crippen molar-refractivity contribution in [3.63, 3.8) is 0 Å². The van der Waals surface area contributed by atoms with Crippen LogP contribution in [0.25, 0.3) is 11.5 Å². The van der Waals surface area contributed by atoms with Gasteiger partial charge in [-0.05, 0) is 34.5 Å². The van der Waals surface area contributed by atoms with Crippen molar-refractivity contribution in [3.05, 3.63) is 45.1 Å². The van der Waals surface area contributed by atoms with Gasteiger partial charge in [-0.15, -0.1) is 15.3 Å². The number of hydrogen-bond donors (Lipinski definition) is 1. The zero-order valence-corrected chi connectivity index (χ0v) is 15.4. The van der Waals surface area contributed by atoms with Crippen LogP contribution in [0.5, 0.6) is 0 Å². The third-order valence-corrected chi connectivity index (χ3v) is 5.01. The Morgan fingerprint density at radius 3 is 2.96 bits per heavy atom. The van der Waals surface area contributed by atoms with Gasteiger partial charge in [-0.2, -0.15) is 0 Å². The van der Waals surface area contributed by atoms with Crippen LogP contribution in [-0.4, -0.2) is 25.0 Å². The number of rotatable bonds is 7. The van der Waals surface area contributed by atoms with Crippen LogP contribution in [0.3, 0.4) is 0 Å². The average Bonchev–Trinajstić information content (AvgIpc) is 3.18. The molecule has 0 aliphatic heterocycles. The molecule has 3 rings (SSSR count). The molecular formula is C15H16BrN5O2S. The molecule has 0 fully saturated rings. The molecule has 0 amide bonds. The van der Waals surface area contributed by atoms with E-state index in [1.807, 2.05) is 24.3 Å². The molecule has 7 nitrogen and oxygen atoms in total. The van der Waals surface area contributed by atoms with Gasteiger partial charge in [-0.1, -0.05) is 37.2 Å². The molecule has 0 atom stereocenters. The van der Waals surface area contributed by atoms with Crippen LogP contribution in [0.2, 0.25) is 0 Å². The number of nitrogens with one attached hydrogen (secondary N) is 1. The van der Waals surface area contributed by atoms with Crippen molar-refractivity contribution in [2.75, 3.05) is 0 Å². The molecule has 0 bridgehead atoms. The minimum Gasteiger partial charge on any atom is -0.420 e. The fraction of sp³-hybridized carbons (Fsp3) is 0.333. The van der Waals surface area contributed by atoms with Gasteiger partial charge in [-0.3, -0.25) is 4.57 Å². The first-order valence-electron chi connectivity index (χ1n) is 7.54. The first-order chi connectivity index (χ1) is 11.7. The molecule has 0 aliphatic carbocycles. The van der Waals surface area contributed by atoms with E-state index in [4.69, 9.17) is 4.42 Å². The molecule has 2 heterocycles. The Bertz CT molecular complexity index is 873. The smallest absolute Gasteiger partial charge is 0.343 e. The van der Waals surface area contributed by atoms with E-state index >= 15 is 0 Å². The van der Waals surface area contributed by atoms with Crippen molar-refractivity contribution in [2.45, 2.75) is 37.2 Å². The Kier molecular flexibility index (Phi) is 5.52. The average molecular weight is 410 g/mol. The molecule has 9 heteroatoms. The molecule has 1 N–H and O–H groups in total. The van der Waals surface area contributed by atoms with Gasteiger partial charge >= 0.3 is 5.69 Å². The molecule has 126 valence electrons. The maximum atomic E-state index is 11.8. The normalized spacial score (nSPS) is 11.1. The van der Waals surface area contributed by atoms with Gasteiger partial charge < -0.3 is 4.42 Å². The molecule has 2 aromatic heterocycles. The summed E-state index contributed by atoms with van der Waals surface area (Å²) in [6.07, 6.45) is 1.94. The number of H-pyrrole nitrogens is 1. The van der Waals surface area contributed by atoms with Crippen LogP contribution in [0, 0.1) is 0 Å². The van der Waals surface area contributed by atoms with E-state index < -0.39 is 0 Å². The summed E-state index contributed by atoms with van der Waals surface area (Å²) in [6.45, 7) is 2.74. The van der Waals surface area contributed by atoms with E-state index in [-0.39, 0.29) is 5.69 Å². The fourth-order valence-electron chi connectivity index (χ4n) is 2.11. The highest BCUT2D eigenvalue weighted by atomic mass is 79.9. The Morgan fingerprint density at radius 1 is 1.33 bits per heavy atom. The Labute approximate surface area is 151 Å². The summed E-state index contributed by atoms with van der Waals surface area (Å²) in [5.41, 5.74) is 0.659. The van der Waals surface area contributed by atoms with E-state index in [9.17, 15) is 4.79 Å².